The molecule has 86 valence electrons. The van der Waals surface area contributed by atoms with Crippen molar-refractivity contribution in [2.24, 2.45) is 5.41 Å². The molecule has 0 radical (unpaired) electrons. The van der Waals surface area contributed by atoms with Crippen LogP contribution in [0.25, 0.3) is 0 Å². The average molecular weight is 231 g/mol. The van der Waals surface area contributed by atoms with Crippen LogP contribution in [0.5, 0.6) is 0 Å². The topological polar surface area (TPSA) is 54.5 Å². The summed E-state index contributed by atoms with van der Waals surface area (Å²) in [5.74, 6) is 0.455. The van der Waals surface area contributed by atoms with Crippen LogP contribution in [0, 0.1) is 5.41 Å². The van der Waals surface area contributed by atoms with Crippen LogP contribution in [0.15, 0.2) is 0 Å². The lowest BCUT2D eigenvalue weighted by Crippen LogP contribution is -2.46. The molecule has 1 heterocycles. The van der Waals surface area contributed by atoms with Gasteiger partial charge >= 0.3 is 0 Å². The van der Waals surface area contributed by atoms with Crippen LogP contribution in [0.2, 0.25) is 0 Å². The number of carbonyl (C=O) groups is 1. The molecular weight excluding hydrogens is 214 g/mol. The molecular formula is C10H17NO3S. The third-order valence-electron chi connectivity index (χ3n) is 3.62. The summed E-state index contributed by atoms with van der Waals surface area (Å²) in [5.41, 5.74) is -0.124. The minimum Gasteiger partial charge on any atom is -0.340 e. The Labute approximate surface area is 90.6 Å². The van der Waals surface area contributed by atoms with Gasteiger partial charge in [-0.05, 0) is 19.3 Å². The van der Waals surface area contributed by atoms with Gasteiger partial charge in [0, 0.05) is 18.5 Å². The quantitative estimate of drug-likeness (QED) is 0.692. The number of amides is 1. The van der Waals surface area contributed by atoms with Gasteiger partial charge in [-0.15, -0.1) is 0 Å². The lowest BCUT2D eigenvalue weighted by atomic mass is 10.0. The summed E-state index contributed by atoms with van der Waals surface area (Å²) in [4.78, 5) is 13.8. The standard InChI is InChI=1S/C10H17NO3S/c1-2-10(3-4-10)9(12)11-5-7-15(13,14)8-6-11/h2-8H2,1H3. The maximum Gasteiger partial charge on any atom is 0.228 e. The number of rotatable bonds is 2. The van der Waals surface area contributed by atoms with Gasteiger partial charge in [-0.3, -0.25) is 4.79 Å². The van der Waals surface area contributed by atoms with Gasteiger partial charge < -0.3 is 4.90 Å². The summed E-state index contributed by atoms with van der Waals surface area (Å²) in [6.07, 6.45) is 2.84. The van der Waals surface area contributed by atoms with E-state index in [9.17, 15) is 13.2 Å². The maximum atomic E-state index is 12.1. The smallest absolute Gasteiger partial charge is 0.228 e. The lowest BCUT2D eigenvalue weighted by Gasteiger charge is -2.30. The molecule has 0 N–H and O–H groups in total. The zero-order valence-electron chi connectivity index (χ0n) is 9.03. The first kappa shape index (κ1) is 10.9. The molecule has 1 aliphatic carbocycles. The number of sulfone groups is 1. The minimum absolute atomic E-state index is 0.124. The van der Waals surface area contributed by atoms with Gasteiger partial charge in [-0.2, -0.15) is 0 Å². The first-order valence-electron chi connectivity index (χ1n) is 5.49. The Bertz CT molecular complexity index is 356. The molecule has 1 saturated carbocycles. The zero-order valence-corrected chi connectivity index (χ0v) is 9.85. The fraction of sp³-hybridized carbons (Fsp3) is 0.900. The van der Waals surface area contributed by atoms with E-state index in [0.717, 1.165) is 19.3 Å². The summed E-state index contributed by atoms with van der Waals surface area (Å²) in [6.45, 7) is 2.82. The maximum absolute atomic E-state index is 12.1. The largest absolute Gasteiger partial charge is 0.340 e. The van der Waals surface area contributed by atoms with E-state index < -0.39 is 9.84 Å². The number of nitrogens with zero attached hydrogens (tertiary/aromatic N) is 1. The molecule has 2 fully saturated rings. The van der Waals surface area contributed by atoms with E-state index in [2.05, 4.69) is 0 Å². The van der Waals surface area contributed by atoms with Crippen molar-refractivity contribution in [3.63, 3.8) is 0 Å². The van der Waals surface area contributed by atoms with E-state index in [-0.39, 0.29) is 22.8 Å². The van der Waals surface area contributed by atoms with Crippen molar-refractivity contribution in [1.82, 2.24) is 4.90 Å². The highest BCUT2D eigenvalue weighted by Crippen LogP contribution is 2.50. The fourth-order valence-electron chi connectivity index (χ4n) is 2.12. The first-order chi connectivity index (χ1) is 6.99. The van der Waals surface area contributed by atoms with Crippen molar-refractivity contribution in [3.05, 3.63) is 0 Å². The molecule has 1 aliphatic heterocycles. The summed E-state index contributed by atoms with van der Waals surface area (Å²) < 4.78 is 22.4. The van der Waals surface area contributed by atoms with Crippen molar-refractivity contribution >= 4 is 15.7 Å². The van der Waals surface area contributed by atoms with Crippen molar-refractivity contribution in [3.8, 4) is 0 Å². The third-order valence-corrected chi connectivity index (χ3v) is 5.22. The molecule has 2 aliphatic rings. The van der Waals surface area contributed by atoms with Crippen LogP contribution in [0.4, 0.5) is 0 Å². The minimum atomic E-state index is -2.87. The molecule has 15 heavy (non-hydrogen) atoms. The van der Waals surface area contributed by atoms with E-state index in [1.807, 2.05) is 6.92 Å². The van der Waals surface area contributed by atoms with Crippen LogP contribution in [-0.2, 0) is 14.6 Å². The first-order valence-corrected chi connectivity index (χ1v) is 7.31. The SMILES string of the molecule is CCC1(C(=O)N2CCS(=O)(=O)CC2)CC1. The van der Waals surface area contributed by atoms with Crippen molar-refractivity contribution < 1.29 is 13.2 Å². The van der Waals surface area contributed by atoms with Gasteiger partial charge in [0.2, 0.25) is 5.91 Å². The molecule has 0 aromatic carbocycles. The molecule has 0 atom stereocenters. The molecule has 0 spiro atoms. The van der Waals surface area contributed by atoms with Gasteiger partial charge in [-0.1, -0.05) is 6.92 Å². The predicted molar refractivity (Wildman–Crippen MR) is 57.2 cm³/mol. The summed E-state index contributed by atoms with van der Waals surface area (Å²) in [6, 6.07) is 0. The molecule has 2 rings (SSSR count). The summed E-state index contributed by atoms with van der Waals surface area (Å²) in [7, 11) is -2.87. The predicted octanol–water partition coefficient (Wildman–Crippen LogP) is 0.434. The van der Waals surface area contributed by atoms with Crippen molar-refractivity contribution in [2.75, 3.05) is 24.6 Å². The molecule has 1 amide bonds. The second-order valence-corrected chi connectivity index (χ2v) is 6.88. The molecule has 5 heteroatoms. The highest BCUT2D eigenvalue weighted by molar-refractivity contribution is 7.91. The highest BCUT2D eigenvalue weighted by Gasteiger charge is 2.50. The third kappa shape index (κ3) is 2.02. The van der Waals surface area contributed by atoms with Gasteiger partial charge in [0.1, 0.15) is 0 Å². The zero-order chi connectivity index (χ0) is 11.1. The average Bonchev–Trinajstić information content (AvgIpc) is 2.97. The van der Waals surface area contributed by atoms with Crippen LogP contribution in [0.1, 0.15) is 26.2 Å². The Hall–Kier alpha value is -0.580. The second kappa shape index (κ2) is 3.47. The number of hydrogen-bond acceptors (Lipinski definition) is 3. The van der Waals surface area contributed by atoms with Gasteiger partial charge in [0.25, 0.3) is 0 Å². The monoisotopic (exact) mass is 231 g/mol. The Morgan fingerprint density at radius 1 is 1.27 bits per heavy atom. The number of hydrogen-bond donors (Lipinski definition) is 0. The lowest BCUT2D eigenvalue weighted by molar-refractivity contribution is -0.136. The summed E-state index contributed by atoms with van der Waals surface area (Å²) >= 11 is 0. The Morgan fingerprint density at radius 3 is 2.20 bits per heavy atom. The van der Waals surface area contributed by atoms with E-state index in [4.69, 9.17) is 0 Å². The van der Waals surface area contributed by atoms with Crippen molar-refractivity contribution in [2.45, 2.75) is 26.2 Å². The summed E-state index contributed by atoms with van der Waals surface area (Å²) in [5, 5.41) is 0. The molecule has 0 unspecified atom stereocenters. The highest BCUT2D eigenvalue weighted by atomic mass is 32.2. The van der Waals surface area contributed by atoms with Crippen LogP contribution in [0.3, 0.4) is 0 Å². The number of carbonyl (C=O) groups excluding carboxylic acids is 1. The van der Waals surface area contributed by atoms with E-state index in [1.54, 1.807) is 4.90 Å². The Morgan fingerprint density at radius 2 is 1.80 bits per heavy atom. The van der Waals surface area contributed by atoms with Crippen LogP contribution >= 0.6 is 0 Å². The van der Waals surface area contributed by atoms with E-state index in [1.165, 1.54) is 0 Å². The van der Waals surface area contributed by atoms with E-state index in [0.29, 0.717) is 13.1 Å². The van der Waals surface area contributed by atoms with Crippen molar-refractivity contribution in [1.29, 1.82) is 0 Å². The molecule has 4 nitrogen and oxygen atoms in total. The van der Waals surface area contributed by atoms with E-state index >= 15 is 0 Å². The van der Waals surface area contributed by atoms with Gasteiger partial charge in [0.05, 0.1) is 11.5 Å². The molecule has 1 saturated heterocycles. The van der Waals surface area contributed by atoms with Gasteiger partial charge in [-0.25, -0.2) is 8.42 Å². The normalized spacial score (nSPS) is 27.4. The molecule has 0 bridgehead atoms. The Kier molecular flexibility index (Phi) is 2.53. The van der Waals surface area contributed by atoms with Crippen LogP contribution in [-0.4, -0.2) is 43.8 Å². The van der Waals surface area contributed by atoms with Crippen LogP contribution < -0.4 is 0 Å². The Balaban J connectivity index is 1.99. The fourth-order valence-corrected chi connectivity index (χ4v) is 3.32. The second-order valence-electron chi connectivity index (χ2n) is 4.58. The van der Waals surface area contributed by atoms with Gasteiger partial charge in [0.15, 0.2) is 9.84 Å². The molecule has 0 aromatic rings. The molecule has 0 aromatic heterocycles.